The maximum Gasteiger partial charge on any atom is 0.194 e. The van der Waals surface area contributed by atoms with E-state index in [0.29, 0.717) is 6.54 Å². The van der Waals surface area contributed by atoms with E-state index < -0.39 is 0 Å². The molecule has 0 spiro atoms. The topological polar surface area (TPSA) is 49.3 Å². The highest BCUT2D eigenvalue weighted by molar-refractivity contribution is 14.0. The Morgan fingerprint density at radius 3 is 2.41 bits per heavy atom. The van der Waals surface area contributed by atoms with Gasteiger partial charge in [0, 0.05) is 77.5 Å². The van der Waals surface area contributed by atoms with Gasteiger partial charge in [-0.25, -0.2) is 0 Å². The molecule has 29 heavy (non-hydrogen) atoms. The molecular formula is C21H34ClIN4O2. The van der Waals surface area contributed by atoms with Crippen LogP contribution >= 0.6 is 35.6 Å². The molecule has 1 aromatic rings. The van der Waals surface area contributed by atoms with Gasteiger partial charge < -0.3 is 19.7 Å². The largest absolute Gasteiger partial charge is 0.381 e. The molecule has 8 heteroatoms. The first-order chi connectivity index (χ1) is 13.6. The minimum absolute atomic E-state index is 0. The molecule has 0 bridgehead atoms. The zero-order valence-corrected chi connectivity index (χ0v) is 20.6. The Morgan fingerprint density at radius 2 is 1.83 bits per heavy atom. The number of piperazine rings is 1. The van der Waals surface area contributed by atoms with Crippen molar-refractivity contribution in [3.8, 4) is 0 Å². The molecule has 2 aliphatic heterocycles. The van der Waals surface area contributed by atoms with Crippen LogP contribution in [0.3, 0.4) is 0 Å². The van der Waals surface area contributed by atoms with E-state index >= 15 is 0 Å². The summed E-state index contributed by atoms with van der Waals surface area (Å²) in [7, 11) is 1.79. The smallest absolute Gasteiger partial charge is 0.194 e. The second-order valence-electron chi connectivity index (χ2n) is 7.56. The molecule has 2 heterocycles. The van der Waals surface area contributed by atoms with Crippen molar-refractivity contribution in [3.63, 3.8) is 0 Å². The number of nitrogens with one attached hydrogen (secondary N) is 1. The highest BCUT2D eigenvalue weighted by atomic mass is 127. The molecule has 0 amide bonds. The van der Waals surface area contributed by atoms with E-state index in [0.717, 1.165) is 76.3 Å². The molecule has 2 fully saturated rings. The maximum atomic E-state index is 5.99. The zero-order valence-electron chi connectivity index (χ0n) is 17.5. The lowest BCUT2D eigenvalue weighted by atomic mass is 9.94. The highest BCUT2D eigenvalue weighted by Crippen LogP contribution is 2.25. The molecule has 0 atom stereocenters. The minimum atomic E-state index is -0.185. The fourth-order valence-electron chi connectivity index (χ4n) is 3.78. The minimum Gasteiger partial charge on any atom is -0.381 e. The summed E-state index contributed by atoms with van der Waals surface area (Å²) < 4.78 is 11.3. The second kappa shape index (κ2) is 12.3. The molecular weight excluding hydrogens is 503 g/mol. The van der Waals surface area contributed by atoms with E-state index in [1.807, 2.05) is 12.1 Å². The van der Waals surface area contributed by atoms with Gasteiger partial charge in [-0.05, 0) is 24.6 Å². The van der Waals surface area contributed by atoms with Gasteiger partial charge >= 0.3 is 0 Å². The first kappa shape index (κ1) is 24.7. The van der Waals surface area contributed by atoms with E-state index in [9.17, 15) is 0 Å². The van der Waals surface area contributed by atoms with Gasteiger partial charge in [-0.1, -0.05) is 23.7 Å². The summed E-state index contributed by atoms with van der Waals surface area (Å²) in [5.41, 5.74) is 1.12. The van der Waals surface area contributed by atoms with Crippen LogP contribution in [0.25, 0.3) is 0 Å². The highest BCUT2D eigenvalue weighted by Gasteiger charge is 2.32. The third kappa shape index (κ3) is 7.24. The first-order valence-electron chi connectivity index (χ1n) is 10.3. The van der Waals surface area contributed by atoms with Crippen molar-refractivity contribution in [3.05, 3.63) is 34.9 Å². The Balaban J connectivity index is 0.00000300. The van der Waals surface area contributed by atoms with Crippen LogP contribution in [0.4, 0.5) is 0 Å². The van der Waals surface area contributed by atoms with Crippen molar-refractivity contribution >= 4 is 41.5 Å². The van der Waals surface area contributed by atoms with E-state index in [-0.39, 0.29) is 29.6 Å². The average molecular weight is 537 g/mol. The third-order valence-electron chi connectivity index (χ3n) is 5.68. The van der Waals surface area contributed by atoms with Gasteiger partial charge in [0.05, 0.1) is 12.1 Å². The third-order valence-corrected chi connectivity index (χ3v) is 5.93. The van der Waals surface area contributed by atoms with Crippen molar-refractivity contribution in [2.45, 2.75) is 31.9 Å². The van der Waals surface area contributed by atoms with Crippen molar-refractivity contribution in [2.24, 2.45) is 4.99 Å². The summed E-state index contributed by atoms with van der Waals surface area (Å²) in [6, 6.07) is 8.15. The summed E-state index contributed by atoms with van der Waals surface area (Å²) >= 11 is 5.99. The lowest BCUT2D eigenvalue weighted by molar-refractivity contribution is -0.0829. The van der Waals surface area contributed by atoms with E-state index in [1.54, 1.807) is 7.11 Å². The van der Waals surface area contributed by atoms with Crippen LogP contribution in [0.5, 0.6) is 0 Å². The SMILES string of the molecule is CCNC(=NCC1(OC)CCOCC1)N1CCN(Cc2ccc(Cl)cc2)CC1.I. The number of halogens is 2. The summed E-state index contributed by atoms with van der Waals surface area (Å²) in [5, 5.41) is 4.25. The number of hydrogen-bond donors (Lipinski definition) is 1. The Labute approximate surface area is 197 Å². The van der Waals surface area contributed by atoms with Gasteiger partial charge in [0.25, 0.3) is 0 Å². The van der Waals surface area contributed by atoms with Crippen molar-refractivity contribution in [1.82, 2.24) is 15.1 Å². The fraction of sp³-hybridized carbons (Fsp3) is 0.667. The number of nitrogens with zero attached hydrogens (tertiary/aromatic N) is 3. The van der Waals surface area contributed by atoms with Gasteiger partial charge in [0.1, 0.15) is 0 Å². The maximum absolute atomic E-state index is 5.99. The van der Waals surface area contributed by atoms with E-state index in [4.69, 9.17) is 26.1 Å². The summed E-state index contributed by atoms with van der Waals surface area (Å²) in [6.07, 6.45) is 1.81. The monoisotopic (exact) mass is 536 g/mol. The number of methoxy groups -OCH3 is 1. The molecule has 164 valence electrons. The van der Waals surface area contributed by atoms with E-state index in [1.165, 1.54) is 5.56 Å². The zero-order chi connectivity index (χ0) is 19.8. The summed E-state index contributed by atoms with van der Waals surface area (Å²) in [5.74, 6) is 0.997. The molecule has 2 saturated heterocycles. The van der Waals surface area contributed by atoms with Gasteiger partial charge in [-0.15, -0.1) is 24.0 Å². The number of ether oxygens (including phenoxy) is 2. The van der Waals surface area contributed by atoms with Crippen molar-refractivity contribution < 1.29 is 9.47 Å². The van der Waals surface area contributed by atoms with Crippen LogP contribution in [-0.2, 0) is 16.0 Å². The average Bonchev–Trinajstić information content (AvgIpc) is 2.74. The van der Waals surface area contributed by atoms with Crippen LogP contribution in [-0.4, -0.2) is 81.0 Å². The molecule has 2 aliphatic rings. The standard InChI is InChI=1S/C21H33ClN4O2.HI/c1-3-23-20(24-17-21(27-2)8-14-28-15-9-21)26-12-10-25(11-13-26)16-18-4-6-19(22)7-5-18;/h4-7H,3,8-17H2,1-2H3,(H,23,24);1H. The summed E-state index contributed by atoms with van der Waals surface area (Å²) in [4.78, 5) is 9.79. The van der Waals surface area contributed by atoms with Gasteiger partial charge in [-0.2, -0.15) is 0 Å². The molecule has 0 unspecified atom stereocenters. The first-order valence-corrected chi connectivity index (χ1v) is 10.6. The van der Waals surface area contributed by atoms with Crippen LogP contribution in [0, 0.1) is 0 Å². The van der Waals surface area contributed by atoms with E-state index in [2.05, 4.69) is 34.2 Å². The predicted molar refractivity (Wildman–Crippen MR) is 129 cm³/mol. The quantitative estimate of drug-likeness (QED) is 0.344. The number of aliphatic imine (C=N–C) groups is 1. The van der Waals surface area contributed by atoms with Crippen molar-refractivity contribution in [2.75, 3.05) is 59.6 Å². The Morgan fingerprint density at radius 1 is 1.17 bits per heavy atom. The summed E-state index contributed by atoms with van der Waals surface area (Å²) in [6.45, 7) is 10.1. The number of benzene rings is 1. The molecule has 3 rings (SSSR count). The predicted octanol–water partition coefficient (Wildman–Crippen LogP) is 3.24. The molecule has 1 N–H and O–H groups in total. The molecule has 0 saturated carbocycles. The van der Waals surface area contributed by atoms with Gasteiger partial charge in [0.2, 0.25) is 0 Å². The Kier molecular flexibility index (Phi) is 10.5. The number of hydrogen-bond acceptors (Lipinski definition) is 4. The van der Waals surface area contributed by atoms with Crippen LogP contribution < -0.4 is 5.32 Å². The van der Waals surface area contributed by atoms with Crippen LogP contribution in [0.2, 0.25) is 5.02 Å². The lowest BCUT2D eigenvalue weighted by Crippen LogP contribution is -2.52. The van der Waals surface area contributed by atoms with Crippen LogP contribution in [0.1, 0.15) is 25.3 Å². The Bertz CT molecular complexity index is 630. The lowest BCUT2D eigenvalue weighted by Gasteiger charge is -2.38. The number of guanidine groups is 1. The number of rotatable bonds is 6. The Hall–Kier alpha value is -0.610. The van der Waals surface area contributed by atoms with Crippen LogP contribution in [0.15, 0.2) is 29.3 Å². The molecule has 0 aliphatic carbocycles. The normalized spacial score (nSPS) is 20.2. The fourth-order valence-corrected chi connectivity index (χ4v) is 3.91. The molecule has 0 aromatic heterocycles. The van der Waals surface area contributed by atoms with Crippen molar-refractivity contribution in [1.29, 1.82) is 0 Å². The molecule has 6 nitrogen and oxygen atoms in total. The van der Waals surface area contributed by atoms with Gasteiger partial charge in [-0.3, -0.25) is 9.89 Å². The molecule has 1 aromatic carbocycles. The van der Waals surface area contributed by atoms with Gasteiger partial charge in [0.15, 0.2) is 5.96 Å². The molecule has 0 radical (unpaired) electrons. The second-order valence-corrected chi connectivity index (χ2v) is 8.00.